The fraction of sp³-hybridized carbons (Fsp3) is 0.400. The van der Waals surface area contributed by atoms with Crippen LogP contribution in [0.25, 0.3) is 11.0 Å². The lowest BCUT2D eigenvalue weighted by Gasteiger charge is -2.31. The second-order valence-electron chi connectivity index (χ2n) is 7.18. The zero-order chi connectivity index (χ0) is 16.8. The molecule has 1 saturated heterocycles. The van der Waals surface area contributed by atoms with E-state index < -0.39 is 6.10 Å². The van der Waals surface area contributed by atoms with Crippen LogP contribution in [-0.4, -0.2) is 37.1 Å². The molecule has 0 saturated carbocycles. The normalized spacial score (nSPS) is 21.2. The van der Waals surface area contributed by atoms with E-state index in [0.29, 0.717) is 12.6 Å². The summed E-state index contributed by atoms with van der Waals surface area (Å²) in [6, 6.07) is 8.60. The van der Waals surface area contributed by atoms with Crippen LogP contribution in [0.3, 0.4) is 0 Å². The molecular weight excluding hydrogens is 312 g/mol. The van der Waals surface area contributed by atoms with Crippen molar-refractivity contribution in [3.63, 3.8) is 0 Å². The minimum atomic E-state index is -0.550. The number of hydrogen-bond acceptors (Lipinski definition) is 4. The summed E-state index contributed by atoms with van der Waals surface area (Å²) in [5.41, 5.74) is 4.68. The number of fused-ring (bicyclic) bond motifs is 4. The minimum Gasteiger partial charge on any atom is -0.387 e. The molecule has 1 N–H and O–H groups in total. The summed E-state index contributed by atoms with van der Waals surface area (Å²) in [6.45, 7) is 2.76. The largest absolute Gasteiger partial charge is 0.387 e. The predicted octanol–water partition coefficient (Wildman–Crippen LogP) is 2.69. The molecule has 128 valence electrons. The summed E-state index contributed by atoms with van der Waals surface area (Å²) >= 11 is 0. The summed E-state index contributed by atoms with van der Waals surface area (Å²) in [6.07, 6.45) is 8.41. The average molecular weight is 334 g/mol. The third kappa shape index (κ3) is 2.46. The molecule has 0 aliphatic carbocycles. The maximum atomic E-state index is 10.8. The van der Waals surface area contributed by atoms with Gasteiger partial charge in [-0.05, 0) is 54.8 Å². The van der Waals surface area contributed by atoms with Gasteiger partial charge in [0, 0.05) is 48.7 Å². The van der Waals surface area contributed by atoms with Crippen LogP contribution < -0.4 is 0 Å². The van der Waals surface area contributed by atoms with Gasteiger partial charge in [-0.1, -0.05) is 0 Å². The Bertz CT molecular complexity index is 905. The first-order chi connectivity index (χ1) is 12.3. The molecule has 5 heterocycles. The van der Waals surface area contributed by atoms with E-state index in [-0.39, 0.29) is 0 Å². The maximum absolute atomic E-state index is 10.8. The molecule has 2 aliphatic heterocycles. The van der Waals surface area contributed by atoms with Crippen molar-refractivity contribution < 1.29 is 5.11 Å². The highest BCUT2D eigenvalue weighted by Gasteiger charge is 2.34. The fourth-order valence-corrected chi connectivity index (χ4v) is 4.52. The fourth-order valence-electron chi connectivity index (χ4n) is 4.52. The molecule has 1 fully saturated rings. The monoisotopic (exact) mass is 334 g/mol. The van der Waals surface area contributed by atoms with Crippen LogP contribution in [-0.2, 0) is 19.5 Å². The number of hydrogen-bond donors (Lipinski definition) is 1. The van der Waals surface area contributed by atoms with Crippen LogP contribution >= 0.6 is 0 Å². The van der Waals surface area contributed by atoms with Crippen molar-refractivity contribution >= 4 is 11.0 Å². The van der Waals surface area contributed by atoms with Gasteiger partial charge in [-0.15, -0.1) is 0 Å². The Morgan fingerprint density at radius 2 is 2.08 bits per heavy atom. The summed E-state index contributed by atoms with van der Waals surface area (Å²) in [7, 11) is 0. The second-order valence-corrected chi connectivity index (χ2v) is 7.18. The van der Waals surface area contributed by atoms with Crippen molar-refractivity contribution in [3.05, 3.63) is 59.7 Å². The Balaban J connectivity index is 1.58. The minimum absolute atomic E-state index is 0.541. The zero-order valence-electron chi connectivity index (χ0n) is 14.2. The maximum Gasteiger partial charge on any atom is 0.140 e. The second kappa shape index (κ2) is 5.93. The molecule has 0 bridgehead atoms. The van der Waals surface area contributed by atoms with E-state index in [2.05, 4.69) is 25.5 Å². The van der Waals surface area contributed by atoms with Gasteiger partial charge in [-0.25, -0.2) is 4.98 Å². The highest BCUT2D eigenvalue weighted by Crippen LogP contribution is 2.36. The molecule has 5 heteroatoms. The Kier molecular flexibility index (Phi) is 3.57. The Hall–Kier alpha value is -2.24. The third-order valence-electron chi connectivity index (χ3n) is 5.78. The van der Waals surface area contributed by atoms with Crippen molar-refractivity contribution in [3.8, 4) is 0 Å². The predicted molar refractivity (Wildman–Crippen MR) is 96.1 cm³/mol. The standard InChI is InChI=1S/C20H22N4O/c25-19(14-5-8-21-9-6-14)13-24-18-11-15-3-2-10-23(15)12-17(18)16-4-1-7-22-20(16)24/h1,4-9,15,19,25H,2-3,10-13H2. The molecule has 3 aromatic rings. The smallest absolute Gasteiger partial charge is 0.140 e. The number of pyridine rings is 2. The van der Waals surface area contributed by atoms with Crippen molar-refractivity contribution in [2.24, 2.45) is 0 Å². The molecule has 0 aromatic carbocycles. The number of aromatic nitrogens is 3. The highest BCUT2D eigenvalue weighted by molar-refractivity contribution is 5.82. The zero-order valence-corrected chi connectivity index (χ0v) is 14.2. The van der Waals surface area contributed by atoms with E-state index in [9.17, 15) is 5.11 Å². The van der Waals surface area contributed by atoms with Crippen molar-refractivity contribution in [2.45, 2.75) is 44.5 Å². The Labute approximate surface area is 146 Å². The van der Waals surface area contributed by atoms with E-state index in [1.165, 1.54) is 36.0 Å². The third-order valence-corrected chi connectivity index (χ3v) is 5.78. The van der Waals surface area contributed by atoms with E-state index in [1.54, 1.807) is 12.4 Å². The van der Waals surface area contributed by atoms with Gasteiger partial charge in [0.2, 0.25) is 0 Å². The van der Waals surface area contributed by atoms with Gasteiger partial charge in [0.1, 0.15) is 5.65 Å². The molecule has 2 unspecified atom stereocenters. The quantitative estimate of drug-likeness (QED) is 0.800. The molecule has 2 aliphatic rings. The molecule has 25 heavy (non-hydrogen) atoms. The first-order valence-electron chi connectivity index (χ1n) is 9.08. The number of aliphatic hydroxyl groups is 1. The van der Waals surface area contributed by atoms with Gasteiger partial charge in [0.05, 0.1) is 12.6 Å². The van der Waals surface area contributed by atoms with E-state index in [1.807, 2.05) is 24.4 Å². The average Bonchev–Trinajstić information content (AvgIpc) is 3.24. The van der Waals surface area contributed by atoms with Crippen LogP contribution in [0.2, 0.25) is 0 Å². The van der Waals surface area contributed by atoms with E-state index >= 15 is 0 Å². The molecule has 0 spiro atoms. The van der Waals surface area contributed by atoms with Crippen LogP contribution in [0.15, 0.2) is 42.9 Å². The molecule has 0 radical (unpaired) electrons. The summed E-state index contributed by atoms with van der Waals surface area (Å²) in [5, 5.41) is 12.0. The van der Waals surface area contributed by atoms with Gasteiger partial charge in [-0.2, -0.15) is 0 Å². The van der Waals surface area contributed by atoms with Gasteiger partial charge in [-0.3, -0.25) is 9.88 Å². The number of nitrogens with zero attached hydrogens (tertiary/aromatic N) is 4. The van der Waals surface area contributed by atoms with E-state index in [0.717, 1.165) is 24.2 Å². The molecule has 2 atom stereocenters. The first kappa shape index (κ1) is 15.0. The molecular formula is C20H22N4O. The lowest BCUT2D eigenvalue weighted by atomic mass is 9.99. The summed E-state index contributed by atoms with van der Waals surface area (Å²) < 4.78 is 2.26. The van der Waals surface area contributed by atoms with Gasteiger partial charge in [0.25, 0.3) is 0 Å². The van der Waals surface area contributed by atoms with Crippen LogP contribution in [0.4, 0.5) is 0 Å². The summed E-state index contributed by atoms with van der Waals surface area (Å²) in [5.74, 6) is 0. The topological polar surface area (TPSA) is 54.2 Å². The van der Waals surface area contributed by atoms with Gasteiger partial charge < -0.3 is 9.67 Å². The van der Waals surface area contributed by atoms with Crippen molar-refractivity contribution in [1.29, 1.82) is 0 Å². The lowest BCUT2D eigenvalue weighted by molar-refractivity contribution is 0.154. The Morgan fingerprint density at radius 3 is 2.96 bits per heavy atom. The SMILES string of the molecule is OC(Cn1c2c(c3cccnc31)CN1CCCC1C2)c1ccncc1. The lowest BCUT2D eigenvalue weighted by Crippen LogP contribution is -2.36. The van der Waals surface area contributed by atoms with Crippen LogP contribution in [0.5, 0.6) is 0 Å². The van der Waals surface area contributed by atoms with Crippen molar-refractivity contribution in [1.82, 2.24) is 19.4 Å². The molecule has 3 aromatic heterocycles. The van der Waals surface area contributed by atoms with Gasteiger partial charge in [0.15, 0.2) is 0 Å². The number of aliphatic hydroxyl groups excluding tert-OH is 1. The first-order valence-corrected chi connectivity index (χ1v) is 9.08. The van der Waals surface area contributed by atoms with Crippen molar-refractivity contribution in [2.75, 3.05) is 6.54 Å². The molecule has 0 amide bonds. The number of rotatable bonds is 3. The molecule has 5 rings (SSSR count). The van der Waals surface area contributed by atoms with E-state index in [4.69, 9.17) is 0 Å². The van der Waals surface area contributed by atoms with Crippen LogP contribution in [0.1, 0.15) is 35.8 Å². The van der Waals surface area contributed by atoms with Crippen LogP contribution in [0, 0.1) is 0 Å². The molecule has 5 nitrogen and oxygen atoms in total. The Morgan fingerprint density at radius 1 is 1.20 bits per heavy atom. The summed E-state index contributed by atoms with van der Waals surface area (Å²) in [4.78, 5) is 11.3. The highest BCUT2D eigenvalue weighted by atomic mass is 16.3. The van der Waals surface area contributed by atoms with Gasteiger partial charge >= 0.3 is 0 Å².